The van der Waals surface area contributed by atoms with Gasteiger partial charge in [-0.15, -0.1) is 0 Å². The summed E-state index contributed by atoms with van der Waals surface area (Å²) in [6.07, 6.45) is 8.01. The minimum Gasteiger partial charge on any atom is -0.297 e. The molecule has 1 saturated heterocycles. The highest BCUT2D eigenvalue weighted by Gasteiger charge is 2.21. The van der Waals surface area contributed by atoms with Crippen LogP contribution in [0.4, 0.5) is 0 Å². The van der Waals surface area contributed by atoms with Crippen molar-refractivity contribution in [2.45, 2.75) is 39.8 Å². The molecule has 0 radical (unpaired) electrons. The maximum absolute atomic E-state index is 4.71. The first kappa shape index (κ1) is 15.3. The van der Waals surface area contributed by atoms with Gasteiger partial charge in [0.15, 0.2) is 0 Å². The van der Waals surface area contributed by atoms with E-state index in [0.717, 1.165) is 43.3 Å². The van der Waals surface area contributed by atoms with Crippen LogP contribution in [0, 0.1) is 19.8 Å². The molecule has 1 atom stereocenters. The fraction of sp³-hybridized carbons (Fsp3) is 0.529. The molecule has 126 valence electrons. The maximum Gasteiger partial charge on any atom is 0.234 e. The molecule has 1 aliphatic heterocycles. The fourth-order valence-corrected chi connectivity index (χ4v) is 3.66. The summed E-state index contributed by atoms with van der Waals surface area (Å²) in [4.78, 5) is 15.8. The van der Waals surface area contributed by atoms with Crippen LogP contribution in [0.1, 0.15) is 29.9 Å². The molecule has 0 N–H and O–H groups in total. The average Bonchev–Trinajstić information content (AvgIpc) is 3.17. The molecule has 0 amide bonds. The summed E-state index contributed by atoms with van der Waals surface area (Å²) in [5, 5.41) is 4.23. The number of hydrogen-bond donors (Lipinski definition) is 0. The summed E-state index contributed by atoms with van der Waals surface area (Å²) in [5.74, 6) is 1.43. The molecule has 0 saturated carbocycles. The van der Waals surface area contributed by atoms with Gasteiger partial charge in [0.05, 0.1) is 5.69 Å². The van der Waals surface area contributed by atoms with Gasteiger partial charge in [0.2, 0.25) is 5.78 Å². The molecule has 0 aliphatic carbocycles. The molecular formula is C17H23N7. The normalized spacial score (nSPS) is 19.2. The Balaban J connectivity index is 1.45. The average molecular weight is 325 g/mol. The first-order valence-corrected chi connectivity index (χ1v) is 8.54. The van der Waals surface area contributed by atoms with Gasteiger partial charge in [-0.25, -0.2) is 15.0 Å². The third-order valence-electron chi connectivity index (χ3n) is 4.71. The molecule has 1 fully saturated rings. The number of likely N-dealkylation sites (tertiary alicyclic amines) is 1. The van der Waals surface area contributed by atoms with Crippen molar-refractivity contribution < 1.29 is 0 Å². The van der Waals surface area contributed by atoms with Gasteiger partial charge in [-0.2, -0.15) is 5.10 Å². The Morgan fingerprint density at radius 2 is 2.17 bits per heavy atom. The lowest BCUT2D eigenvalue weighted by Gasteiger charge is -2.32. The first-order chi connectivity index (χ1) is 11.7. The Kier molecular flexibility index (Phi) is 4.02. The van der Waals surface area contributed by atoms with Crippen LogP contribution in [-0.4, -0.2) is 47.1 Å². The fourth-order valence-electron chi connectivity index (χ4n) is 3.66. The minimum atomic E-state index is 0.625. The number of nitrogens with zero attached hydrogens (tertiary/aromatic N) is 7. The number of rotatable bonds is 4. The van der Waals surface area contributed by atoms with Crippen LogP contribution in [-0.2, 0) is 13.1 Å². The van der Waals surface area contributed by atoms with Crippen molar-refractivity contribution in [2.24, 2.45) is 5.92 Å². The van der Waals surface area contributed by atoms with Crippen molar-refractivity contribution in [3.05, 3.63) is 42.0 Å². The number of aryl methyl sites for hydroxylation is 2. The molecule has 0 unspecified atom stereocenters. The van der Waals surface area contributed by atoms with Crippen molar-refractivity contribution in [1.82, 2.24) is 34.0 Å². The molecule has 7 nitrogen and oxygen atoms in total. The predicted molar refractivity (Wildman–Crippen MR) is 90.5 cm³/mol. The molecule has 3 aromatic heterocycles. The van der Waals surface area contributed by atoms with Crippen LogP contribution in [0.3, 0.4) is 0 Å². The van der Waals surface area contributed by atoms with Gasteiger partial charge in [-0.1, -0.05) is 0 Å². The largest absolute Gasteiger partial charge is 0.297 e. The number of piperidine rings is 1. The molecule has 0 aromatic carbocycles. The van der Waals surface area contributed by atoms with E-state index in [2.05, 4.69) is 43.6 Å². The monoisotopic (exact) mass is 325 g/mol. The standard InChI is InChI=1S/C17H23N7/c1-13-6-14(2)24-10-16(21-17(24)20-13)9-22-5-3-4-15(7-22)8-23-12-18-11-19-23/h6,10-12,15H,3-5,7-9H2,1-2H3/t15-/m1/s1. The molecule has 3 aromatic rings. The Labute approximate surface area is 141 Å². The highest BCUT2D eigenvalue weighted by molar-refractivity contribution is 5.34. The van der Waals surface area contributed by atoms with E-state index in [0.29, 0.717) is 5.92 Å². The maximum atomic E-state index is 4.71. The molecular weight excluding hydrogens is 302 g/mol. The smallest absolute Gasteiger partial charge is 0.234 e. The third-order valence-corrected chi connectivity index (χ3v) is 4.71. The van der Waals surface area contributed by atoms with Crippen LogP contribution in [0.5, 0.6) is 0 Å². The van der Waals surface area contributed by atoms with Crippen LogP contribution in [0.15, 0.2) is 24.9 Å². The summed E-state index contributed by atoms with van der Waals surface area (Å²) in [5.41, 5.74) is 3.29. The number of hydrogen-bond acceptors (Lipinski definition) is 5. The molecule has 0 spiro atoms. The molecule has 1 aliphatic rings. The van der Waals surface area contributed by atoms with Crippen LogP contribution in [0.2, 0.25) is 0 Å². The van der Waals surface area contributed by atoms with Crippen molar-refractivity contribution in [2.75, 3.05) is 13.1 Å². The van der Waals surface area contributed by atoms with Crippen molar-refractivity contribution in [3.63, 3.8) is 0 Å². The van der Waals surface area contributed by atoms with Gasteiger partial charge in [-0.3, -0.25) is 14.0 Å². The SMILES string of the molecule is Cc1cc(C)n2cc(CN3CCC[C@@H](Cn4cncn4)C3)nc2n1. The summed E-state index contributed by atoms with van der Waals surface area (Å²) in [6, 6.07) is 2.09. The highest BCUT2D eigenvalue weighted by atomic mass is 15.3. The Hall–Kier alpha value is -2.28. The van der Waals surface area contributed by atoms with Crippen molar-refractivity contribution >= 4 is 5.78 Å². The molecule has 0 bridgehead atoms. The second-order valence-corrected chi connectivity index (χ2v) is 6.80. The van der Waals surface area contributed by atoms with Crippen LogP contribution >= 0.6 is 0 Å². The lowest BCUT2D eigenvalue weighted by Crippen LogP contribution is -2.36. The quantitative estimate of drug-likeness (QED) is 0.732. The Morgan fingerprint density at radius 1 is 1.25 bits per heavy atom. The lowest BCUT2D eigenvalue weighted by molar-refractivity contribution is 0.152. The van der Waals surface area contributed by atoms with E-state index in [1.54, 1.807) is 12.7 Å². The van der Waals surface area contributed by atoms with Gasteiger partial charge < -0.3 is 0 Å². The minimum absolute atomic E-state index is 0.625. The van der Waals surface area contributed by atoms with E-state index in [9.17, 15) is 0 Å². The van der Waals surface area contributed by atoms with Crippen LogP contribution < -0.4 is 0 Å². The van der Waals surface area contributed by atoms with E-state index >= 15 is 0 Å². The van der Waals surface area contributed by atoms with Gasteiger partial charge >= 0.3 is 0 Å². The van der Waals surface area contributed by atoms with Gasteiger partial charge in [0, 0.05) is 37.2 Å². The van der Waals surface area contributed by atoms with E-state index in [4.69, 9.17) is 4.98 Å². The van der Waals surface area contributed by atoms with Gasteiger partial charge in [0.1, 0.15) is 12.7 Å². The zero-order valence-electron chi connectivity index (χ0n) is 14.3. The second kappa shape index (κ2) is 6.32. The van der Waals surface area contributed by atoms with Gasteiger partial charge in [0.25, 0.3) is 0 Å². The molecule has 24 heavy (non-hydrogen) atoms. The summed E-state index contributed by atoms with van der Waals surface area (Å²) in [7, 11) is 0. The zero-order valence-corrected chi connectivity index (χ0v) is 14.3. The van der Waals surface area contributed by atoms with Crippen molar-refractivity contribution in [3.8, 4) is 0 Å². The number of aromatic nitrogens is 6. The van der Waals surface area contributed by atoms with Gasteiger partial charge in [-0.05, 0) is 45.2 Å². The van der Waals surface area contributed by atoms with Crippen molar-refractivity contribution in [1.29, 1.82) is 0 Å². The second-order valence-electron chi connectivity index (χ2n) is 6.80. The highest BCUT2D eigenvalue weighted by Crippen LogP contribution is 2.20. The predicted octanol–water partition coefficient (Wildman–Crippen LogP) is 1.85. The third kappa shape index (κ3) is 3.17. The zero-order chi connectivity index (χ0) is 16.5. The first-order valence-electron chi connectivity index (χ1n) is 8.54. The summed E-state index contributed by atoms with van der Waals surface area (Å²) < 4.78 is 4.02. The Bertz CT molecular complexity index is 821. The van der Waals surface area contributed by atoms with E-state index < -0.39 is 0 Å². The number of imidazole rings is 1. The molecule has 7 heteroatoms. The molecule has 4 rings (SSSR count). The van der Waals surface area contributed by atoms with E-state index in [1.807, 2.05) is 11.6 Å². The van der Waals surface area contributed by atoms with E-state index in [-0.39, 0.29) is 0 Å². The Morgan fingerprint density at radius 3 is 3.00 bits per heavy atom. The molecule has 4 heterocycles. The van der Waals surface area contributed by atoms with E-state index in [1.165, 1.54) is 18.5 Å². The number of fused-ring (bicyclic) bond motifs is 1. The van der Waals surface area contributed by atoms with Crippen LogP contribution in [0.25, 0.3) is 5.78 Å². The summed E-state index contributed by atoms with van der Waals surface area (Å²) >= 11 is 0. The topological polar surface area (TPSA) is 64.1 Å². The lowest BCUT2D eigenvalue weighted by atomic mass is 9.98. The summed E-state index contributed by atoms with van der Waals surface area (Å²) in [6.45, 7) is 8.16.